The number of nitrogens with zero attached hydrogens (tertiary/aromatic N) is 1. The third kappa shape index (κ3) is 2.57. The van der Waals surface area contributed by atoms with Crippen LogP contribution in [-0.4, -0.2) is 16.1 Å². The first-order valence-corrected chi connectivity index (χ1v) is 5.48. The molecule has 2 rings (SSSR count). The molecule has 0 aliphatic rings. The zero-order valence-corrected chi connectivity index (χ0v) is 10.0. The van der Waals surface area contributed by atoms with Crippen LogP contribution in [0.3, 0.4) is 0 Å². The Morgan fingerprint density at radius 2 is 1.94 bits per heavy atom. The van der Waals surface area contributed by atoms with Gasteiger partial charge in [0.15, 0.2) is 5.69 Å². The second-order valence-corrected chi connectivity index (χ2v) is 4.24. The lowest BCUT2D eigenvalue weighted by molar-refractivity contribution is 0.0691. The number of pyridine rings is 1. The smallest absolute Gasteiger partial charge is 0.355 e. The summed E-state index contributed by atoms with van der Waals surface area (Å²) in [4.78, 5) is 14.9. The SMILES string of the molecule is O=C(O)c1ncc(Cl)cc1-c1cccc(Cl)c1. The van der Waals surface area contributed by atoms with Crippen molar-refractivity contribution >= 4 is 29.2 Å². The van der Waals surface area contributed by atoms with Crippen molar-refractivity contribution < 1.29 is 9.90 Å². The van der Waals surface area contributed by atoms with Gasteiger partial charge in [-0.1, -0.05) is 35.3 Å². The number of aromatic carboxylic acids is 1. The molecule has 1 aromatic carbocycles. The minimum atomic E-state index is -1.10. The van der Waals surface area contributed by atoms with Crippen molar-refractivity contribution in [3.8, 4) is 11.1 Å². The third-order valence-corrected chi connectivity index (χ3v) is 2.63. The zero-order valence-electron chi connectivity index (χ0n) is 8.52. The molecule has 1 heterocycles. The lowest BCUT2D eigenvalue weighted by Crippen LogP contribution is -2.02. The van der Waals surface area contributed by atoms with Crippen molar-refractivity contribution in [3.63, 3.8) is 0 Å². The van der Waals surface area contributed by atoms with E-state index in [4.69, 9.17) is 28.3 Å². The molecule has 0 saturated heterocycles. The van der Waals surface area contributed by atoms with Crippen LogP contribution in [0, 0.1) is 0 Å². The fraction of sp³-hybridized carbons (Fsp3) is 0. The van der Waals surface area contributed by atoms with E-state index in [1.54, 1.807) is 30.3 Å². The van der Waals surface area contributed by atoms with E-state index < -0.39 is 5.97 Å². The number of carbonyl (C=O) groups is 1. The fourth-order valence-corrected chi connectivity index (χ4v) is 1.83. The molecular weight excluding hydrogens is 261 g/mol. The molecule has 0 atom stereocenters. The van der Waals surface area contributed by atoms with Crippen LogP contribution in [-0.2, 0) is 0 Å². The molecule has 1 N–H and O–H groups in total. The summed E-state index contributed by atoms with van der Waals surface area (Å²) in [5.74, 6) is -1.10. The number of benzene rings is 1. The summed E-state index contributed by atoms with van der Waals surface area (Å²) < 4.78 is 0. The highest BCUT2D eigenvalue weighted by atomic mass is 35.5. The van der Waals surface area contributed by atoms with Crippen LogP contribution < -0.4 is 0 Å². The van der Waals surface area contributed by atoms with E-state index in [1.807, 2.05) is 0 Å². The Balaban J connectivity index is 2.65. The number of rotatable bonds is 2. The van der Waals surface area contributed by atoms with E-state index in [-0.39, 0.29) is 5.69 Å². The lowest BCUT2D eigenvalue weighted by Gasteiger charge is -2.06. The molecule has 0 amide bonds. The number of aromatic nitrogens is 1. The van der Waals surface area contributed by atoms with E-state index in [0.717, 1.165) is 0 Å². The summed E-state index contributed by atoms with van der Waals surface area (Å²) in [6.07, 6.45) is 1.30. The first-order valence-electron chi connectivity index (χ1n) is 4.72. The predicted molar refractivity (Wildman–Crippen MR) is 66.7 cm³/mol. The predicted octanol–water partition coefficient (Wildman–Crippen LogP) is 3.75. The van der Waals surface area contributed by atoms with Crippen molar-refractivity contribution in [2.45, 2.75) is 0 Å². The zero-order chi connectivity index (χ0) is 12.4. The molecule has 86 valence electrons. The first-order chi connectivity index (χ1) is 8.08. The van der Waals surface area contributed by atoms with Crippen LogP contribution in [0.2, 0.25) is 10.0 Å². The molecular formula is C12H7Cl2NO2. The second-order valence-electron chi connectivity index (χ2n) is 3.37. The molecule has 0 spiro atoms. The van der Waals surface area contributed by atoms with Crippen LogP contribution in [0.15, 0.2) is 36.5 Å². The standard InChI is InChI=1S/C12H7Cl2NO2/c13-8-3-1-2-7(4-8)10-5-9(14)6-15-11(10)12(16)17/h1-6H,(H,16,17). The van der Waals surface area contributed by atoms with Crippen molar-refractivity contribution in [1.82, 2.24) is 4.98 Å². The molecule has 0 fully saturated rings. The maximum absolute atomic E-state index is 11.1. The number of halogens is 2. The quantitative estimate of drug-likeness (QED) is 0.902. The normalized spacial score (nSPS) is 10.2. The van der Waals surface area contributed by atoms with E-state index in [0.29, 0.717) is 21.2 Å². The number of carboxylic acids is 1. The average molecular weight is 268 g/mol. The van der Waals surface area contributed by atoms with Gasteiger partial charge in [0.2, 0.25) is 0 Å². The molecule has 0 saturated carbocycles. The summed E-state index contributed by atoms with van der Waals surface area (Å²) >= 11 is 11.7. The van der Waals surface area contributed by atoms with Gasteiger partial charge in [0.25, 0.3) is 0 Å². The molecule has 3 nitrogen and oxygen atoms in total. The summed E-state index contributed by atoms with van der Waals surface area (Å²) in [6, 6.07) is 8.43. The van der Waals surface area contributed by atoms with Gasteiger partial charge in [-0.2, -0.15) is 0 Å². The van der Waals surface area contributed by atoms with Crippen LogP contribution in [0.5, 0.6) is 0 Å². The Morgan fingerprint density at radius 3 is 2.59 bits per heavy atom. The monoisotopic (exact) mass is 267 g/mol. The third-order valence-electron chi connectivity index (χ3n) is 2.19. The summed E-state index contributed by atoms with van der Waals surface area (Å²) in [5.41, 5.74) is 1.08. The van der Waals surface area contributed by atoms with Crippen LogP contribution in [0.25, 0.3) is 11.1 Å². The number of hydrogen-bond acceptors (Lipinski definition) is 2. The van der Waals surface area contributed by atoms with Gasteiger partial charge in [0, 0.05) is 16.8 Å². The van der Waals surface area contributed by atoms with Gasteiger partial charge in [-0.05, 0) is 23.8 Å². The summed E-state index contributed by atoms with van der Waals surface area (Å²) in [7, 11) is 0. The highest BCUT2D eigenvalue weighted by Gasteiger charge is 2.14. The van der Waals surface area contributed by atoms with E-state index >= 15 is 0 Å². The first kappa shape index (κ1) is 11.9. The van der Waals surface area contributed by atoms with E-state index in [9.17, 15) is 4.79 Å². The molecule has 0 radical (unpaired) electrons. The van der Waals surface area contributed by atoms with Gasteiger partial charge < -0.3 is 5.11 Å². The average Bonchev–Trinajstić information content (AvgIpc) is 2.28. The Labute approximate surface area is 108 Å². The van der Waals surface area contributed by atoms with Crippen molar-refractivity contribution in [3.05, 3.63) is 52.3 Å². The van der Waals surface area contributed by atoms with Crippen LogP contribution in [0.1, 0.15) is 10.5 Å². The molecule has 0 aliphatic carbocycles. The van der Waals surface area contributed by atoms with Crippen LogP contribution >= 0.6 is 23.2 Å². The lowest BCUT2D eigenvalue weighted by atomic mass is 10.0. The second kappa shape index (κ2) is 4.73. The number of hydrogen-bond donors (Lipinski definition) is 1. The molecule has 0 aliphatic heterocycles. The van der Waals surface area contributed by atoms with Gasteiger partial charge in [-0.25, -0.2) is 9.78 Å². The Hall–Kier alpha value is -1.58. The van der Waals surface area contributed by atoms with E-state index in [1.165, 1.54) is 6.20 Å². The maximum Gasteiger partial charge on any atom is 0.355 e. The molecule has 5 heteroatoms. The van der Waals surface area contributed by atoms with Gasteiger partial charge in [-0.15, -0.1) is 0 Å². The van der Waals surface area contributed by atoms with Crippen molar-refractivity contribution in [2.75, 3.05) is 0 Å². The fourth-order valence-electron chi connectivity index (χ4n) is 1.49. The molecule has 17 heavy (non-hydrogen) atoms. The molecule has 0 bridgehead atoms. The van der Waals surface area contributed by atoms with E-state index in [2.05, 4.69) is 4.98 Å². The topological polar surface area (TPSA) is 50.2 Å². The summed E-state index contributed by atoms with van der Waals surface area (Å²) in [6.45, 7) is 0. The highest BCUT2D eigenvalue weighted by Crippen LogP contribution is 2.27. The van der Waals surface area contributed by atoms with Crippen molar-refractivity contribution in [1.29, 1.82) is 0 Å². The Morgan fingerprint density at radius 1 is 1.18 bits per heavy atom. The van der Waals surface area contributed by atoms with Gasteiger partial charge >= 0.3 is 5.97 Å². The number of carboxylic acid groups (broad SMARTS) is 1. The van der Waals surface area contributed by atoms with Gasteiger partial charge in [0.05, 0.1) is 5.02 Å². The van der Waals surface area contributed by atoms with Crippen molar-refractivity contribution in [2.24, 2.45) is 0 Å². The largest absolute Gasteiger partial charge is 0.476 e. The highest BCUT2D eigenvalue weighted by molar-refractivity contribution is 6.31. The summed E-state index contributed by atoms with van der Waals surface area (Å²) in [5, 5.41) is 9.95. The maximum atomic E-state index is 11.1. The molecule has 2 aromatic rings. The molecule has 1 aromatic heterocycles. The Kier molecular flexibility index (Phi) is 3.31. The molecule has 0 unspecified atom stereocenters. The minimum Gasteiger partial charge on any atom is -0.476 e. The van der Waals surface area contributed by atoms with Gasteiger partial charge in [-0.3, -0.25) is 0 Å². The minimum absolute atomic E-state index is 0.0448. The van der Waals surface area contributed by atoms with Crippen LogP contribution in [0.4, 0.5) is 0 Å². The van der Waals surface area contributed by atoms with Gasteiger partial charge in [0.1, 0.15) is 0 Å². The Bertz CT molecular complexity index is 584.